The highest BCUT2D eigenvalue weighted by Crippen LogP contribution is 2.37. The Hall–Kier alpha value is -5.68. The molecule has 6 heterocycles. The molecule has 0 radical (unpaired) electrons. The maximum Gasteiger partial charge on any atom is 0.328 e. The van der Waals surface area contributed by atoms with Gasteiger partial charge in [-0.1, -0.05) is 24.3 Å². The first-order valence-electron chi connectivity index (χ1n) is 19.8. The number of fused-ring (bicyclic) bond motifs is 2. The first-order valence-corrected chi connectivity index (χ1v) is 19.8. The Morgan fingerprint density at radius 2 is 1.62 bits per heavy atom. The molecule has 9 rings (SSSR count). The van der Waals surface area contributed by atoms with Crippen molar-refractivity contribution in [3.8, 4) is 17.0 Å². The zero-order valence-electron chi connectivity index (χ0n) is 31.4. The summed E-state index contributed by atoms with van der Waals surface area (Å²) in [4.78, 5) is 39.9. The van der Waals surface area contributed by atoms with Crippen LogP contribution >= 0.6 is 0 Å². The second-order valence-corrected chi connectivity index (χ2v) is 15.4. The van der Waals surface area contributed by atoms with Crippen molar-refractivity contribution in [1.82, 2.24) is 20.2 Å². The summed E-state index contributed by atoms with van der Waals surface area (Å²) in [6.45, 7) is 9.58. The van der Waals surface area contributed by atoms with Gasteiger partial charge in [0.05, 0.1) is 0 Å². The van der Waals surface area contributed by atoms with Gasteiger partial charge >= 0.3 is 6.03 Å². The second kappa shape index (κ2) is 15.2. The SMILES string of the molecule is Cc1c(-c2ccc3cnc(Nc4ccc(N5CCC(CN6CCC(c7ccc(N8CCC(=O)NC8=O)cc7)CC6)CC5)cc4)cc3c2)cnc2c1NCCO2.[HH].[HH].[HH]. The minimum absolute atomic E-state index is 0. The van der Waals surface area contributed by atoms with Crippen molar-refractivity contribution >= 4 is 51.3 Å². The maximum atomic E-state index is 12.2. The molecule has 4 aliphatic heterocycles. The number of carbonyl (C=O) groups excluding carboxylic acids is 2. The Morgan fingerprint density at radius 3 is 2.40 bits per heavy atom. The number of pyridine rings is 2. The third-order valence-electron chi connectivity index (χ3n) is 11.9. The molecule has 11 nitrogen and oxygen atoms in total. The number of anilines is 5. The van der Waals surface area contributed by atoms with E-state index in [-0.39, 0.29) is 16.2 Å². The number of nitrogens with one attached hydrogen (secondary N) is 3. The minimum Gasteiger partial charge on any atom is -0.474 e. The third-order valence-corrected chi connectivity index (χ3v) is 11.9. The van der Waals surface area contributed by atoms with Crippen LogP contribution < -0.4 is 30.5 Å². The summed E-state index contributed by atoms with van der Waals surface area (Å²) in [6.07, 6.45) is 8.93. The van der Waals surface area contributed by atoms with Gasteiger partial charge in [-0.2, -0.15) is 0 Å². The third kappa shape index (κ3) is 7.53. The lowest BCUT2D eigenvalue weighted by Crippen LogP contribution is -2.49. The van der Waals surface area contributed by atoms with Gasteiger partial charge in [-0.05, 0) is 128 Å². The molecule has 0 saturated carbocycles. The molecule has 3 aromatic carbocycles. The van der Waals surface area contributed by atoms with Gasteiger partial charge in [-0.25, -0.2) is 14.8 Å². The number of likely N-dealkylation sites (tertiary alicyclic amines) is 1. The number of amides is 3. The first kappa shape index (κ1) is 35.0. The number of benzene rings is 3. The summed E-state index contributed by atoms with van der Waals surface area (Å²) in [5.74, 6) is 2.57. The lowest BCUT2D eigenvalue weighted by Gasteiger charge is -2.38. The van der Waals surface area contributed by atoms with E-state index >= 15 is 0 Å². The van der Waals surface area contributed by atoms with Crippen molar-refractivity contribution in [2.24, 2.45) is 5.92 Å². The van der Waals surface area contributed by atoms with Crippen molar-refractivity contribution < 1.29 is 18.6 Å². The first-order chi connectivity index (χ1) is 26.9. The average molecular weight is 743 g/mol. The second-order valence-electron chi connectivity index (χ2n) is 15.4. The van der Waals surface area contributed by atoms with Crippen LogP contribution in [0.2, 0.25) is 0 Å². The molecule has 288 valence electrons. The van der Waals surface area contributed by atoms with Crippen molar-refractivity contribution in [3.05, 3.63) is 96.3 Å². The van der Waals surface area contributed by atoms with Gasteiger partial charge < -0.3 is 25.2 Å². The number of urea groups is 1. The van der Waals surface area contributed by atoms with Crippen LogP contribution in [0.1, 0.15) is 53.4 Å². The summed E-state index contributed by atoms with van der Waals surface area (Å²) < 4.78 is 5.73. The molecule has 0 aliphatic carbocycles. The Labute approximate surface area is 326 Å². The fourth-order valence-corrected chi connectivity index (χ4v) is 8.72. The number of piperidine rings is 2. The fraction of sp³-hybridized carbons (Fsp3) is 0.364. The molecule has 3 N–H and O–H groups in total. The van der Waals surface area contributed by atoms with E-state index < -0.39 is 0 Å². The predicted molar refractivity (Wildman–Crippen MR) is 225 cm³/mol. The molecule has 0 unspecified atom stereocenters. The van der Waals surface area contributed by atoms with Gasteiger partial charge in [0.1, 0.15) is 18.1 Å². The molecule has 2 aromatic heterocycles. The molecular weight excluding hydrogens is 689 g/mol. The van der Waals surface area contributed by atoms with Crippen LogP contribution in [-0.4, -0.2) is 79.2 Å². The molecule has 4 aliphatic rings. The highest BCUT2D eigenvalue weighted by Gasteiger charge is 2.27. The van der Waals surface area contributed by atoms with Crippen LogP contribution in [0.3, 0.4) is 0 Å². The number of aromatic nitrogens is 2. The number of hydrogen-bond acceptors (Lipinski definition) is 9. The van der Waals surface area contributed by atoms with Crippen LogP contribution in [0.4, 0.5) is 33.4 Å². The number of rotatable bonds is 8. The van der Waals surface area contributed by atoms with Gasteiger partial charge in [0.2, 0.25) is 11.8 Å². The van der Waals surface area contributed by atoms with Crippen LogP contribution in [0, 0.1) is 12.8 Å². The van der Waals surface area contributed by atoms with Gasteiger partial charge in [0.15, 0.2) is 0 Å². The molecule has 0 spiro atoms. The molecule has 11 heteroatoms. The largest absolute Gasteiger partial charge is 0.474 e. The van der Waals surface area contributed by atoms with E-state index in [1.165, 1.54) is 30.6 Å². The normalized spacial score (nSPS) is 18.4. The summed E-state index contributed by atoms with van der Waals surface area (Å²) in [5.41, 5.74) is 8.83. The Morgan fingerprint density at radius 1 is 0.836 bits per heavy atom. The van der Waals surface area contributed by atoms with E-state index in [9.17, 15) is 9.59 Å². The number of nitrogens with zero attached hydrogens (tertiary/aromatic N) is 5. The number of imide groups is 1. The summed E-state index contributed by atoms with van der Waals surface area (Å²) >= 11 is 0. The fourth-order valence-electron chi connectivity index (χ4n) is 8.72. The molecular formula is C44H54N8O3. The monoisotopic (exact) mass is 742 g/mol. The topological polar surface area (TPSA) is 115 Å². The van der Waals surface area contributed by atoms with E-state index in [0.29, 0.717) is 31.4 Å². The summed E-state index contributed by atoms with van der Waals surface area (Å²) in [5, 5.41) is 11.6. The van der Waals surface area contributed by atoms with Crippen molar-refractivity contribution in [3.63, 3.8) is 0 Å². The Bertz CT molecular complexity index is 2210. The lowest BCUT2D eigenvalue weighted by atomic mass is 9.88. The molecule has 0 atom stereocenters. The Kier molecular flexibility index (Phi) is 9.70. The smallest absolute Gasteiger partial charge is 0.328 e. The number of carbonyl (C=O) groups is 2. The van der Waals surface area contributed by atoms with Crippen molar-refractivity contribution in [2.45, 2.75) is 44.9 Å². The van der Waals surface area contributed by atoms with Gasteiger partial charge in [-0.15, -0.1) is 0 Å². The lowest BCUT2D eigenvalue weighted by molar-refractivity contribution is -0.120. The molecule has 3 amide bonds. The highest BCUT2D eigenvalue weighted by atomic mass is 16.5. The Balaban J connectivity index is 0.00000189. The number of ether oxygens (including phenoxy) is 1. The van der Waals surface area contributed by atoms with E-state index in [4.69, 9.17) is 9.72 Å². The average Bonchev–Trinajstić information content (AvgIpc) is 3.22. The summed E-state index contributed by atoms with van der Waals surface area (Å²) in [6, 6.07) is 25.4. The van der Waals surface area contributed by atoms with Crippen molar-refractivity contribution in [2.75, 3.05) is 72.9 Å². The van der Waals surface area contributed by atoms with Crippen LogP contribution in [-0.2, 0) is 4.79 Å². The van der Waals surface area contributed by atoms with Crippen LogP contribution in [0.5, 0.6) is 5.88 Å². The molecule has 55 heavy (non-hydrogen) atoms. The predicted octanol–water partition coefficient (Wildman–Crippen LogP) is 8.43. The van der Waals surface area contributed by atoms with E-state index in [1.54, 1.807) is 4.90 Å². The van der Waals surface area contributed by atoms with Gasteiger partial charge in [-0.3, -0.25) is 15.0 Å². The zero-order valence-corrected chi connectivity index (χ0v) is 31.4. The van der Waals surface area contributed by atoms with E-state index in [2.05, 4.69) is 98.3 Å². The highest BCUT2D eigenvalue weighted by molar-refractivity contribution is 6.05. The van der Waals surface area contributed by atoms with Gasteiger partial charge in [0.25, 0.3) is 0 Å². The number of hydrogen-bond donors (Lipinski definition) is 3. The van der Waals surface area contributed by atoms with E-state index in [0.717, 1.165) is 102 Å². The standard InChI is InChI=1S/C44H48N8O3.3H2/c1-29-39(27-47-43-42(29)45-17-23-55-43)33-2-3-34-26-46-40(25-35(34)24-33)48-36-6-10-37(11-7-36)51-20-12-30(13-21-51)28-50-18-14-32(15-19-50)31-4-8-38(9-5-31)52-22-16-41(53)49-44(52)54;;;/h2-11,24-27,30,32,45H,12-23,28H2,1H3,(H,46,48)(H,49,53,54);3*1H. The van der Waals surface area contributed by atoms with Gasteiger partial charge in [0, 0.05) is 83.8 Å². The molecule has 5 aromatic rings. The van der Waals surface area contributed by atoms with Crippen LogP contribution in [0.25, 0.3) is 21.9 Å². The maximum absolute atomic E-state index is 12.2. The van der Waals surface area contributed by atoms with Crippen molar-refractivity contribution in [1.29, 1.82) is 0 Å². The molecule has 0 bridgehead atoms. The summed E-state index contributed by atoms with van der Waals surface area (Å²) in [7, 11) is 0. The molecule has 3 fully saturated rings. The molecule has 3 saturated heterocycles. The zero-order chi connectivity index (χ0) is 37.3. The van der Waals surface area contributed by atoms with Crippen LogP contribution in [0.15, 0.2) is 85.2 Å². The van der Waals surface area contributed by atoms with E-state index in [1.807, 2.05) is 24.5 Å². The minimum atomic E-state index is -0.330. The quantitative estimate of drug-likeness (QED) is 0.144.